The predicted octanol–water partition coefficient (Wildman–Crippen LogP) is 1.15. The van der Waals surface area contributed by atoms with Crippen LogP contribution in [0.1, 0.15) is 5.56 Å². The zero-order valence-electron chi connectivity index (χ0n) is 14.4. The quantitative estimate of drug-likeness (QED) is 0.479. The Morgan fingerprint density at radius 2 is 2.04 bits per heavy atom. The number of hydrogen-bond donors (Lipinski definition) is 2. The highest BCUT2D eigenvalue weighted by molar-refractivity contribution is 9.10. The number of urea groups is 1. The highest BCUT2D eigenvalue weighted by Crippen LogP contribution is 2.32. The maximum atomic E-state index is 12.4. The lowest BCUT2D eigenvalue weighted by atomic mass is 10.2. The molecule has 1 aromatic rings. The molecule has 0 saturated carbocycles. The number of halogens is 1. The van der Waals surface area contributed by atoms with Crippen LogP contribution in [0, 0.1) is 0 Å². The first-order valence-corrected chi connectivity index (χ1v) is 9.82. The minimum absolute atomic E-state index is 0.00757. The Morgan fingerprint density at radius 3 is 2.71 bits per heavy atom. The molecule has 0 atom stereocenters. The molecule has 0 bridgehead atoms. The zero-order valence-corrected chi connectivity index (χ0v) is 16.8. The second kappa shape index (κ2) is 8.57. The standard InChI is InChI=1S/C17H15BrN4O5S/c18-11-3-1-2-10(6-11)7-12-15(25)21(17(27)28-12)5-4-19-13(23)9-22-14(24)8-20-16(22)26/h1-3,6-7H,4-5,8-9H2,(H,19,23)(H,20,26). The molecule has 2 aliphatic heterocycles. The van der Waals surface area contributed by atoms with Crippen LogP contribution in [0.25, 0.3) is 6.08 Å². The predicted molar refractivity (Wildman–Crippen MR) is 105 cm³/mol. The van der Waals surface area contributed by atoms with Crippen LogP contribution in [0.15, 0.2) is 33.6 Å². The van der Waals surface area contributed by atoms with Crippen LogP contribution in [-0.2, 0) is 14.4 Å². The molecule has 2 saturated heterocycles. The summed E-state index contributed by atoms with van der Waals surface area (Å²) in [7, 11) is 0. The van der Waals surface area contributed by atoms with Crippen LogP contribution >= 0.6 is 27.7 Å². The van der Waals surface area contributed by atoms with Gasteiger partial charge in [0.05, 0.1) is 11.4 Å². The van der Waals surface area contributed by atoms with Crippen LogP contribution in [0.3, 0.4) is 0 Å². The number of carbonyl (C=O) groups excluding carboxylic acids is 5. The third-order valence-corrected chi connectivity index (χ3v) is 5.32. The van der Waals surface area contributed by atoms with Gasteiger partial charge in [0.2, 0.25) is 5.91 Å². The highest BCUT2D eigenvalue weighted by atomic mass is 79.9. The summed E-state index contributed by atoms with van der Waals surface area (Å²) < 4.78 is 0.855. The molecule has 3 rings (SSSR count). The Kier molecular flexibility index (Phi) is 6.15. The lowest BCUT2D eigenvalue weighted by Gasteiger charge is -2.15. The number of nitrogens with one attached hydrogen (secondary N) is 2. The molecule has 0 spiro atoms. The van der Waals surface area contributed by atoms with Gasteiger partial charge in [0.1, 0.15) is 6.54 Å². The molecule has 0 aliphatic carbocycles. The first kappa shape index (κ1) is 20.1. The minimum Gasteiger partial charge on any atom is -0.353 e. The van der Waals surface area contributed by atoms with Gasteiger partial charge in [-0.2, -0.15) is 0 Å². The number of nitrogens with zero attached hydrogens (tertiary/aromatic N) is 2. The summed E-state index contributed by atoms with van der Waals surface area (Å²) in [6, 6.07) is 6.69. The summed E-state index contributed by atoms with van der Waals surface area (Å²) in [5, 5.41) is 4.39. The number of rotatable bonds is 6. The fourth-order valence-electron chi connectivity index (χ4n) is 2.56. The van der Waals surface area contributed by atoms with Gasteiger partial charge in [-0.05, 0) is 35.5 Å². The van der Waals surface area contributed by atoms with Gasteiger partial charge in [0, 0.05) is 17.6 Å². The molecule has 11 heteroatoms. The molecule has 0 unspecified atom stereocenters. The van der Waals surface area contributed by atoms with Crippen molar-refractivity contribution in [1.82, 2.24) is 20.4 Å². The van der Waals surface area contributed by atoms with Gasteiger partial charge in [0.15, 0.2) is 0 Å². The Balaban J connectivity index is 1.53. The molecule has 2 aliphatic rings. The number of hydrogen-bond acceptors (Lipinski definition) is 6. The number of carbonyl (C=O) groups is 5. The van der Waals surface area contributed by atoms with Gasteiger partial charge in [-0.3, -0.25) is 29.0 Å². The van der Waals surface area contributed by atoms with Crippen LogP contribution in [0.5, 0.6) is 0 Å². The first-order valence-electron chi connectivity index (χ1n) is 8.21. The summed E-state index contributed by atoms with van der Waals surface area (Å²) in [6.07, 6.45) is 1.63. The van der Waals surface area contributed by atoms with Crippen LogP contribution in [0.4, 0.5) is 9.59 Å². The van der Waals surface area contributed by atoms with Gasteiger partial charge < -0.3 is 10.6 Å². The second-order valence-electron chi connectivity index (χ2n) is 5.88. The van der Waals surface area contributed by atoms with E-state index in [1.807, 2.05) is 24.3 Å². The van der Waals surface area contributed by atoms with Crippen molar-refractivity contribution in [3.63, 3.8) is 0 Å². The Labute approximate surface area is 172 Å². The van der Waals surface area contributed by atoms with Crippen molar-refractivity contribution in [2.24, 2.45) is 0 Å². The highest BCUT2D eigenvalue weighted by Gasteiger charge is 2.35. The molecular formula is C17H15BrN4O5S. The van der Waals surface area contributed by atoms with Crippen molar-refractivity contribution < 1.29 is 24.0 Å². The van der Waals surface area contributed by atoms with Crippen LogP contribution in [0.2, 0.25) is 0 Å². The second-order valence-corrected chi connectivity index (χ2v) is 7.79. The number of thioether (sulfide) groups is 1. The topological polar surface area (TPSA) is 116 Å². The van der Waals surface area contributed by atoms with Crippen molar-refractivity contribution in [2.75, 3.05) is 26.2 Å². The van der Waals surface area contributed by atoms with Crippen molar-refractivity contribution in [1.29, 1.82) is 0 Å². The van der Waals surface area contributed by atoms with Crippen molar-refractivity contribution in [2.45, 2.75) is 0 Å². The molecule has 2 heterocycles. The monoisotopic (exact) mass is 466 g/mol. The molecule has 0 aromatic heterocycles. The van der Waals surface area contributed by atoms with E-state index < -0.39 is 35.5 Å². The Morgan fingerprint density at radius 1 is 1.25 bits per heavy atom. The SMILES string of the molecule is O=C(CN1C(=O)CNC1=O)NCCN1C(=O)SC(=Cc2cccc(Br)c2)C1=O. The van der Waals surface area contributed by atoms with E-state index >= 15 is 0 Å². The minimum atomic E-state index is -0.622. The van der Waals surface area contributed by atoms with Crippen LogP contribution < -0.4 is 10.6 Å². The molecular weight excluding hydrogens is 452 g/mol. The maximum Gasteiger partial charge on any atom is 0.325 e. The summed E-state index contributed by atoms with van der Waals surface area (Å²) in [5.74, 6) is -1.47. The number of benzene rings is 1. The smallest absolute Gasteiger partial charge is 0.325 e. The van der Waals surface area contributed by atoms with E-state index in [1.54, 1.807) is 6.08 Å². The summed E-state index contributed by atoms with van der Waals surface area (Å²) in [4.78, 5) is 61.4. The van der Waals surface area contributed by atoms with E-state index in [0.29, 0.717) is 4.91 Å². The van der Waals surface area contributed by atoms with Crippen LogP contribution in [-0.4, -0.2) is 65.0 Å². The lowest BCUT2D eigenvalue weighted by molar-refractivity contribution is -0.130. The van der Waals surface area contributed by atoms with E-state index in [4.69, 9.17) is 0 Å². The molecule has 0 radical (unpaired) electrons. The third-order valence-electron chi connectivity index (χ3n) is 3.92. The normalized spacial score (nSPS) is 18.2. The van der Waals surface area contributed by atoms with Crippen molar-refractivity contribution in [3.8, 4) is 0 Å². The summed E-state index contributed by atoms with van der Waals surface area (Å²) in [5.41, 5.74) is 0.779. The first-order chi connectivity index (χ1) is 13.3. The summed E-state index contributed by atoms with van der Waals surface area (Å²) >= 11 is 4.18. The average molecular weight is 467 g/mol. The number of amides is 6. The maximum absolute atomic E-state index is 12.4. The molecule has 1 aromatic carbocycles. The van der Waals surface area contributed by atoms with Gasteiger partial charge in [0.25, 0.3) is 17.1 Å². The Bertz CT molecular complexity index is 887. The zero-order chi connectivity index (χ0) is 20.3. The average Bonchev–Trinajstić information content (AvgIpc) is 3.09. The largest absolute Gasteiger partial charge is 0.353 e. The van der Waals surface area contributed by atoms with Crippen molar-refractivity contribution >= 4 is 62.8 Å². The van der Waals surface area contributed by atoms with Crippen molar-refractivity contribution in [3.05, 3.63) is 39.2 Å². The van der Waals surface area contributed by atoms with E-state index in [-0.39, 0.29) is 19.6 Å². The molecule has 6 amide bonds. The van der Waals surface area contributed by atoms with E-state index in [1.165, 1.54) is 0 Å². The van der Waals surface area contributed by atoms with E-state index in [0.717, 1.165) is 31.6 Å². The summed E-state index contributed by atoms with van der Waals surface area (Å²) in [6.45, 7) is -0.528. The molecule has 9 nitrogen and oxygen atoms in total. The lowest BCUT2D eigenvalue weighted by Crippen LogP contribution is -2.43. The molecule has 2 N–H and O–H groups in total. The Hall–Kier alpha value is -2.66. The van der Waals surface area contributed by atoms with Gasteiger partial charge >= 0.3 is 6.03 Å². The molecule has 2 fully saturated rings. The molecule has 146 valence electrons. The number of imide groups is 2. The van der Waals surface area contributed by atoms with Gasteiger partial charge in [-0.1, -0.05) is 28.1 Å². The fraction of sp³-hybridized carbons (Fsp3) is 0.235. The fourth-order valence-corrected chi connectivity index (χ4v) is 3.84. The third kappa shape index (κ3) is 4.60. The van der Waals surface area contributed by atoms with E-state index in [9.17, 15) is 24.0 Å². The van der Waals surface area contributed by atoms with E-state index in [2.05, 4.69) is 26.6 Å². The van der Waals surface area contributed by atoms with Gasteiger partial charge in [-0.15, -0.1) is 0 Å². The van der Waals surface area contributed by atoms with Gasteiger partial charge in [-0.25, -0.2) is 4.79 Å². The molecule has 28 heavy (non-hydrogen) atoms.